The highest BCUT2D eigenvalue weighted by molar-refractivity contribution is 7.13. The minimum atomic E-state index is -0.228. The highest BCUT2D eigenvalue weighted by atomic mass is 32.1. The maximum Gasteiger partial charge on any atom is 0.311 e. The lowest BCUT2D eigenvalue weighted by Gasteiger charge is -2.27. The van der Waals surface area contributed by atoms with E-state index >= 15 is 0 Å². The van der Waals surface area contributed by atoms with E-state index in [0.29, 0.717) is 12.1 Å². The fourth-order valence-corrected chi connectivity index (χ4v) is 3.53. The van der Waals surface area contributed by atoms with E-state index in [1.165, 1.54) is 20.0 Å². The molecule has 1 aromatic rings. The molecule has 2 heterocycles. The largest absolute Gasteiger partial charge is 0.469 e. The van der Waals surface area contributed by atoms with Gasteiger partial charge >= 0.3 is 5.97 Å². The predicted molar refractivity (Wildman–Crippen MR) is 73.1 cm³/mol. The topological polar surface area (TPSA) is 42.4 Å². The SMILES string of the molecule is CCC1CCC(C)N1c1nc(CC(=O)OC)cs1. The lowest BCUT2D eigenvalue weighted by molar-refractivity contribution is -0.139. The summed E-state index contributed by atoms with van der Waals surface area (Å²) in [6.07, 6.45) is 3.89. The molecule has 0 radical (unpaired) electrons. The van der Waals surface area contributed by atoms with Crippen molar-refractivity contribution in [2.45, 2.75) is 51.6 Å². The van der Waals surface area contributed by atoms with E-state index in [9.17, 15) is 4.79 Å². The Kier molecular flexibility index (Phi) is 4.22. The van der Waals surface area contributed by atoms with Crippen LogP contribution in [-0.4, -0.2) is 30.1 Å². The first kappa shape index (κ1) is 13.3. The second-order valence-corrected chi connectivity index (χ2v) is 5.61. The summed E-state index contributed by atoms with van der Waals surface area (Å²) in [5, 5.41) is 3.01. The third-order valence-electron chi connectivity index (χ3n) is 3.57. The zero-order valence-electron chi connectivity index (χ0n) is 11.2. The molecule has 0 aromatic carbocycles. The van der Waals surface area contributed by atoms with Crippen LogP contribution in [0.5, 0.6) is 0 Å². The Labute approximate surface area is 112 Å². The number of ether oxygens (including phenoxy) is 1. The van der Waals surface area contributed by atoms with Crippen molar-refractivity contribution in [3.8, 4) is 0 Å². The summed E-state index contributed by atoms with van der Waals surface area (Å²) in [4.78, 5) is 18.2. The molecule has 0 amide bonds. The van der Waals surface area contributed by atoms with Gasteiger partial charge in [0.05, 0.1) is 19.2 Å². The van der Waals surface area contributed by atoms with Gasteiger partial charge in [0, 0.05) is 17.5 Å². The molecule has 0 saturated carbocycles. The molecule has 0 bridgehead atoms. The van der Waals surface area contributed by atoms with Gasteiger partial charge in [-0.05, 0) is 26.2 Å². The van der Waals surface area contributed by atoms with Crippen LogP contribution in [0.1, 0.15) is 38.8 Å². The maximum absolute atomic E-state index is 11.2. The first-order valence-electron chi connectivity index (χ1n) is 6.45. The molecule has 1 aromatic heterocycles. The molecule has 18 heavy (non-hydrogen) atoms. The van der Waals surface area contributed by atoms with E-state index in [0.717, 1.165) is 17.2 Å². The molecular weight excluding hydrogens is 248 g/mol. The van der Waals surface area contributed by atoms with E-state index in [1.54, 1.807) is 11.3 Å². The Morgan fingerprint density at radius 1 is 1.61 bits per heavy atom. The van der Waals surface area contributed by atoms with Crippen molar-refractivity contribution in [1.29, 1.82) is 0 Å². The van der Waals surface area contributed by atoms with Crippen LogP contribution in [-0.2, 0) is 16.0 Å². The van der Waals surface area contributed by atoms with Crippen LogP contribution in [0.2, 0.25) is 0 Å². The second kappa shape index (κ2) is 5.69. The number of anilines is 1. The third kappa shape index (κ3) is 2.66. The van der Waals surface area contributed by atoms with Gasteiger partial charge in [-0.3, -0.25) is 4.79 Å². The fraction of sp³-hybridized carbons (Fsp3) is 0.692. The predicted octanol–water partition coefficient (Wildman–Crippen LogP) is 2.63. The van der Waals surface area contributed by atoms with Gasteiger partial charge in [-0.1, -0.05) is 6.92 Å². The summed E-state index contributed by atoms with van der Waals surface area (Å²) in [5.41, 5.74) is 0.816. The molecule has 5 heteroatoms. The van der Waals surface area contributed by atoms with Gasteiger partial charge in [0.1, 0.15) is 0 Å². The van der Waals surface area contributed by atoms with Gasteiger partial charge in [-0.2, -0.15) is 0 Å². The summed E-state index contributed by atoms with van der Waals surface area (Å²) in [6, 6.07) is 1.14. The molecular formula is C13H20N2O2S. The maximum atomic E-state index is 11.2. The van der Waals surface area contributed by atoms with Crippen molar-refractivity contribution >= 4 is 22.4 Å². The Morgan fingerprint density at radius 3 is 3.06 bits per heavy atom. The standard InChI is InChI=1S/C13H20N2O2S/c1-4-11-6-5-9(2)15(11)13-14-10(8-18-13)7-12(16)17-3/h8-9,11H,4-7H2,1-3H3. The molecule has 100 valence electrons. The summed E-state index contributed by atoms with van der Waals surface area (Å²) >= 11 is 1.63. The van der Waals surface area contributed by atoms with Crippen molar-refractivity contribution in [2.24, 2.45) is 0 Å². The van der Waals surface area contributed by atoms with Crippen LogP contribution in [0, 0.1) is 0 Å². The van der Waals surface area contributed by atoms with Crippen LogP contribution in [0.4, 0.5) is 5.13 Å². The van der Waals surface area contributed by atoms with E-state index in [4.69, 9.17) is 0 Å². The zero-order chi connectivity index (χ0) is 13.1. The number of esters is 1. The highest BCUT2D eigenvalue weighted by Gasteiger charge is 2.31. The first-order chi connectivity index (χ1) is 8.65. The summed E-state index contributed by atoms with van der Waals surface area (Å²) in [6.45, 7) is 4.47. The highest BCUT2D eigenvalue weighted by Crippen LogP contribution is 2.33. The van der Waals surface area contributed by atoms with Crippen LogP contribution >= 0.6 is 11.3 Å². The molecule has 2 rings (SSSR count). The molecule has 1 saturated heterocycles. The van der Waals surface area contributed by atoms with Crippen LogP contribution in [0.15, 0.2) is 5.38 Å². The van der Waals surface area contributed by atoms with E-state index in [-0.39, 0.29) is 12.4 Å². The Hall–Kier alpha value is -1.10. The van der Waals surface area contributed by atoms with Crippen molar-refractivity contribution in [1.82, 2.24) is 4.98 Å². The smallest absolute Gasteiger partial charge is 0.311 e. The first-order valence-corrected chi connectivity index (χ1v) is 7.33. The van der Waals surface area contributed by atoms with Crippen molar-refractivity contribution in [3.05, 3.63) is 11.1 Å². The van der Waals surface area contributed by atoms with Crippen molar-refractivity contribution in [2.75, 3.05) is 12.0 Å². The van der Waals surface area contributed by atoms with Crippen LogP contribution in [0.3, 0.4) is 0 Å². The van der Waals surface area contributed by atoms with E-state index in [1.807, 2.05) is 5.38 Å². The Balaban J connectivity index is 2.11. The third-order valence-corrected chi connectivity index (χ3v) is 4.47. The number of carbonyl (C=O) groups is 1. The molecule has 2 atom stereocenters. The molecule has 0 spiro atoms. The number of hydrogen-bond donors (Lipinski definition) is 0. The molecule has 4 nitrogen and oxygen atoms in total. The van der Waals surface area contributed by atoms with E-state index < -0.39 is 0 Å². The number of aromatic nitrogens is 1. The zero-order valence-corrected chi connectivity index (χ0v) is 12.0. The van der Waals surface area contributed by atoms with Crippen molar-refractivity contribution < 1.29 is 9.53 Å². The van der Waals surface area contributed by atoms with Crippen molar-refractivity contribution in [3.63, 3.8) is 0 Å². The van der Waals surface area contributed by atoms with E-state index in [2.05, 4.69) is 28.5 Å². The van der Waals surface area contributed by atoms with Crippen LogP contribution < -0.4 is 4.90 Å². The minimum absolute atomic E-state index is 0.228. The second-order valence-electron chi connectivity index (χ2n) is 4.77. The number of thiazole rings is 1. The summed E-state index contributed by atoms with van der Waals surface area (Å²) in [5.74, 6) is -0.228. The number of nitrogens with zero attached hydrogens (tertiary/aromatic N) is 2. The fourth-order valence-electron chi connectivity index (χ4n) is 2.53. The van der Waals surface area contributed by atoms with Crippen LogP contribution in [0.25, 0.3) is 0 Å². The molecule has 0 N–H and O–H groups in total. The lowest BCUT2D eigenvalue weighted by atomic mass is 10.2. The Bertz CT molecular complexity index is 419. The lowest BCUT2D eigenvalue weighted by Crippen LogP contribution is -2.33. The van der Waals surface area contributed by atoms with Gasteiger partial charge in [-0.25, -0.2) is 4.98 Å². The minimum Gasteiger partial charge on any atom is -0.469 e. The van der Waals surface area contributed by atoms with Gasteiger partial charge in [0.15, 0.2) is 5.13 Å². The van der Waals surface area contributed by atoms with Gasteiger partial charge in [0.25, 0.3) is 0 Å². The van der Waals surface area contributed by atoms with Gasteiger partial charge in [0.2, 0.25) is 0 Å². The summed E-state index contributed by atoms with van der Waals surface area (Å²) in [7, 11) is 1.41. The van der Waals surface area contributed by atoms with Gasteiger partial charge < -0.3 is 9.64 Å². The molecule has 0 aliphatic carbocycles. The number of methoxy groups -OCH3 is 1. The monoisotopic (exact) mass is 268 g/mol. The average Bonchev–Trinajstić information content (AvgIpc) is 2.95. The van der Waals surface area contributed by atoms with Gasteiger partial charge in [-0.15, -0.1) is 11.3 Å². The molecule has 1 aliphatic heterocycles. The normalized spacial score (nSPS) is 23.4. The Morgan fingerprint density at radius 2 is 2.39 bits per heavy atom. The number of hydrogen-bond acceptors (Lipinski definition) is 5. The number of carbonyl (C=O) groups excluding carboxylic acids is 1. The summed E-state index contributed by atoms with van der Waals surface area (Å²) < 4.78 is 4.66. The number of rotatable bonds is 4. The molecule has 2 unspecified atom stereocenters. The molecule has 1 fully saturated rings. The quantitative estimate of drug-likeness (QED) is 0.787. The average molecular weight is 268 g/mol. The molecule has 1 aliphatic rings.